The first kappa shape index (κ1) is 11.3. The van der Waals surface area contributed by atoms with Gasteiger partial charge in [-0.05, 0) is 48.1 Å². The largest absolute Gasteiger partial charge is 0.488 e. The SMILES string of the molecule is O/N=C1/CCc2cc(OCc3cccs3)ccc21. The smallest absolute Gasteiger partial charge is 0.122 e. The van der Waals surface area contributed by atoms with Crippen LogP contribution in [-0.4, -0.2) is 10.9 Å². The van der Waals surface area contributed by atoms with Gasteiger partial charge < -0.3 is 9.94 Å². The van der Waals surface area contributed by atoms with E-state index in [1.807, 2.05) is 29.6 Å². The highest BCUT2D eigenvalue weighted by molar-refractivity contribution is 7.09. The zero-order valence-electron chi connectivity index (χ0n) is 9.80. The summed E-state index contributed by atoms with van der Waals surface area (Å²) in [7, 11) is 0. The highest BCUT2D eigenvalue weighted by atomic mass is 32.1. The van der Waals surface area contributed by atoms with E-state index in [0.717, 1.165) is 29.9 Å². The van der Waals surface area contributed by atoms with E-state index < -0.39 is 0 Å². The van der Waals surface area contributed by atoms with Crippen LogP contribution in [0.15, 0.2) is 40.9 Å². The summed E-state index contributed by atoms with van der Waals surface area (Å²) in [5.74, 6) is 0.876. The molecule has 92 valence electrons. The number of hydrogen-bond acceptors (Lipinski definition) is 4. The van der Waals surface area contributed by atoms with Crippen LogP contribution in [0.2, 0.25) is 0 Å². The van der Waals surface area contributed by atoms with E-state index in [2.05, 4.69) is 11.2 Å². The van der Waals surface area contributed by atoms with Crippen molar-refractivity contribution in [3.8, 4) is 5.75 Å². The zero-order valence-corrected chi connectivity index (χ0v) is 10.6. The van der Waals surface area contributed by atoms with Crippen molar-refractivity contribution < 1.29 is 9.94 Å². The molecule has 1 aromatic carbocycles. The van der Waals surface area contributed by atoms with Gasteiger partial charge in [-0.2, -0.15) is 0 Å². The molecule has 0 saturated heterocycles. The van der Waals surface area contributed by atoms with Crippen LogP contribution in [0.4, 0.5) is 0 Å². The Bertz CT molecular complexity index is 575. The topological polar surface area (TPSA) is 41.8 Å². The van der Waals surface area contributed by atoms with E-state index in [1.165, 1.54) is 10.4 Å². The molecule has 0 unspecified atom stereocenters. The molecule has 3 nitrogen and oxygen atoms in total. The molecule has 0 radical (unpaired) electrons. The van der Waals surface area contributed by atoms with Crippen molar-refractivity contribution in [3.63, 3.8) is 0 Å². The van der Waals surface area contributed by atoms with Gasteiger partial charge in [-0.1, -0.05) is 11.2 Å². The predicted molar refractivity (Wildman–Crippen MR) is 71.7 cm³/mol. The standard InChI is InChI=1S/C14H13NO2S/c16-15-14-6-3-10-8-11(4-5-13(10)14)17-9-12-2-1-7-18-12/h1-2,4-5,7-8,16H,3,6,9H2/b15-14-. The summed E-state index contributed by atoms with van der Waals surface area (Å²) in [6.45, 7) is 0.609. The van der Waals surface area contributed by atoms with Gasteiger partial charge >= 0.3 is 0 Å². The number of fused-ring (bicyclic) bond motifs is 1. The molecular weight excluding hydrogens is 246 g/mol. The van der Waals surface area contributed by atoms with Crippen molar-refractivity contribution in [2.24, 2.45) is 5.16 Å². The molecule has 0 bridgehead atoms. The Kier molecular flexibility index (Phi) is 3.02. The molecule has 0 aliphatic heterocycles. The summed E-state index contributed by atoms with van der Waals surface area (Å²) >= 11 is 1.69. The monoisotopic (exact) mass is 259 g/mol. The van der Waals surface area contributed by atoms with Gasteiger partial charge in [-0.25, -0.2) is 0 Å². The minimum Gasteiger partial charge on any atom is -0.488 e. The minimum absolute atomic E-state index is 0.609. The molecule has 3 rings (SSSR count). The van der Waals surface area contributed by atoms with Crippen LogP contribution in [-0.2, 0) is 13.0 Å². The first-order valence-electron chi connectivity index (χ1n) is 5.86. The molecule has 1 heterocycles. The third kappa shape index (κ3) is 2.11. The van der Waals surface area contributed by atoms with Crippen LogP contribution in [0.5, 0.6) is 5.75 Å². The summed E-state index contributed by atoms with van der Waals surface area (Å²) in [5, 5.41) is 14.2. The van der Waals surface area contributed by atoms with Crippen LogP contribution < -0.4 is 4.74 Å². The third-order valence-electron chi connectivity index (χ3n) is 3.10. The fourth-order valence-corrected chi connectivity index (χ4v) is 2.81. The summed E-state index contributed by atoms with van der Waals surface area (Å²) in [6, 6.07) is 10.0. The van der Waals surface area contributed by atoms with Crippen LogP contribution in [0, 0.1) is 0 Å². The molecular formula is C14H13NO2S. The second-order valence-corrected chi connectivity index (χ2v) is 5.27. The van der Waals surface area contributed by atoms with E-state index in [4.69, 9.17) is 9.94 Å². The van der Waals surface area contributed by atoms with Crippen molar-refractivity contribution in [1.82, 2.24) is 0 Å². The maximum absolute atomic E-state index is 8.87. The number of rotatable bonds is 3. The highest BCUT2D eigenvalue weighted by Crippen LogP contribution is 2.27. The first-order valence-corrected chi connectivity index (χ1v) is 6.74. The van der Waals surface area contributed by atoms with E-state index in [0.29, 0.717) is 6.61 Å². The molecule has 0 amide bonds. The minimum atomic E-state index is 0.609. The molecule has 1 N–H and O–H groups in total. The number of hydrogen-bond donors (Lipinski definition) is 1. The maximum atomic E-state index is 8.87. The highest BCUT2D eigenvalue weighted by Gasteiger charge is 2.18. The van der Waals surface area contributed by atoms with Crippen LogP contribution in [0.3, 0.4) is 0 Å². The summed E-state index contributed by atoms with van der Waals surface area (Å²) in [5.41, 5.74) is 3.02. The van der Waals surface area contributed by atoms with Gasteiger partial charge in [0.1, 0.15) is 12.4 Å². The Labute approximate surface area is 109 Å². The molecule has 1 aromatic heterocycles. The van der Waals surface area contributed by atoms with Crippen molar-refractivity contribution in [2.75, 3.05) is 0 Å². The Morgan fingerprint density at radius 2 is 2.22 bits per heavy atom. The Balaban J connectivity index is 1.75. The lowest BCUT2D eigenvalue weighted by molar-refractivity contribution is 0.309. The molecule has 0 atom stereocenters. The van der Waals surface area contributed by atoms with Gasteiger partial charge in [0.25, 0.3) is 0 Å². The van der Waals surface area contributed by atoms with Crippen LogP contribution in [0.1, 0.15) is 22.4 Å². The molecule has 0 saturated carbocycles. The molecule has 0 spiro atoms. The Morgan fingerprint density at radius 3 is 3.00 bits per heavy atom. The molecule has 4 heteroatoms. The van der Waals surface area contributed by atoms with Gasteiger partial charge in [0.2, 0.25) is 0 Å². The molecule has 0 fully saturated rings. The fraction of sp³-hybridized carbons (Fsp3) is 0.214. The van der Waals surface area contributed by atoms with Crippen LogP contribution in [0.25, 0.3) is 0 Å². The molecule has 2 aromatic rings. The zero-order chi connectivity index (χ0) is 12.4. The number of nitrogens with zero attached hydrogens (tertiary/aromatic N) is 1. The molecule has 1 aliphatic carbocycles. The van der Waals surface area contributed by atoms with Gasteiger partial charge in [0.15, 0.2) is 0 Å². The van der Waals surface area contributed by atoms with E-state index in [-0.39, 0.29) is 0 Å². The van der Waals surface area contributed by atoms with Gasteiger partial charge in [0, 0.05) is 10.4 Å². The number of ether oxygens (including phenoxy) is 1. The van der Waals surface area contributed by atoms with Crippen molar-refractivity contribution >= 4 is 17.0 Å². The second-order valence-electron chi connectivity index (χ2n) is 4.23. The van der Waals surface area contributed by atoms with Crippen LogP contribution >= 0.6 is 11.3 Å². The Hall–Kier alpha value is -1.81. The van der Waals surface area contributed by atoms with Crippen molar-refractivity contribution in [1.29, 1.82) is 0 Å². The summed E-state index contributed by atoms with van der Waals surface area (Å²) in [4.78, 5) is 1.22. The van der Waals surface area contributed by atoms with Gasteiger partial charge in [0.05, 0.1) is 5.71 Å². The predicted octanol–water partition coefficient (Wildman–Crippen LogP) is 3.45. The van der Waals surface area contributed by atoms with E-state index in [9.17, 15) is 0 Å². The van der Waals surface area contributed by atoms with Crippen molar-refractivity contribution in [2.45, 2.75) is 19.4 Å². The number of benzene rings is 1. The van der Waals surface area contributed by atoms with E-state index in [1.54, 1.807) is 11.3 Å². The molecule has 18 heavy (non-hydrogen) atoms. The number of thiophene rings is 1. The quantitative estimate of drug-likeness (QED) is 0.677. The van der Waals surface area contributed by atoms with Crippen molar-refractivity contribution in [3.05, 3.63) is 51.7 Å². The average molecular weight is 259 g/mol. The molecule has 1 aliphatic rings. The van der Waals surface area contributed by atoms with Gasteiger partial charge in [-0.3, -0.25) is 0 Å². The average Bonchev–Trinajstić information content (AvgIpc) is 3.05. The summed E-state index contributed by atoms with van der Waals surface area (Å²) in [6.07, 6.45) is 1.73. The first-order chi connectivity index (χ1) is 8.86. The maximum Gasteiger partial charge on any atom is 0.122 e. The van der Waals surface area contributed by atoms with E-state index >= 15 is 0 Å². The lowest BCUT2D eigenvalue weighted by Gasteiger charge is -2.06. The second kappa shape index (κ2) is 4.82. The Morgan fingerprint density at radius 1 is 1.28 bits per heavy atom. The fourth-order valence-electron chi connectivity index (χ4n) is 2.19. The normalized spacial score (nSPS) is 15.9. The lowest BCUT2D eigenvalue weighted by atomic mass is 10.1. The van der Waals surface area contributed by atoms with Gasteiger partial charge in [-0.15, -0.1) is 11.3 Å². The lowest BCUT2D eigenvalue weighted by Crippen LogP contribution is -1.96. The third-order valence-corrected chi connectivity index (χ3v) is 3.95. The summed E-state index contributed by atoms with van der Waals surface area (Å²) < 4.78 is 5.75. The number of oxime groups is 1. The number of aryl methyl sites for hydroxylation is 1.